The minimum atomic E-state index is -0.00748. The van der Waals surface area contributed by atoms with Crippen LogP contribution in [0.4, 0.5) is 0 Å². The Labute approximate surface area is 184 Å². The fraction of sp³-hybridized carbons (Fsp3) is 0.500. The highest BCUT2D eigenvalue weighted by molar-refractivity contribution is 6.07. The van der Waals surface area contributed by atoms with Gasteiger partial charge in [0.15, 0.2) is 0 Å². The molecule has 30 heavy (non-hydrogen) atoms. The number of carbonyl (C=O) groups excluding carboxylic acids is 2. The molecule has 3 N–H and O–H groups in total. The maximum atomic E-state index is 13.1. The molecule has 2 fully saturated rings. The monoisotopic (exact) mass is 429 g/mol. The highest BCUT2D eigenvalue weighted by Crippen LogP contribution is 2.26. The van der Waals surface area contributed by atoms with E-state index < -0.39 is 0 Å². The second-order valence-electron chi connectivity index (χ2n) is 8.49. The van der Waals surface area contributed by atoms with Crippen molar-refractivity contribution in [1.29, 1.82) is 0 Å². The molecule has 2 aliphatic rings. The van der Waals surface area contributed by atoms with Crippen LogP contribution >= 0.6 is 12.4 Å². The van der Waals surface area contributed by atoms with Gasteiger partial charge < -0.3 is 16.0 Å². The normalized spacial score (nSPS) is 22.4. The van der Waals surface area contributed by atoms with Crippen molar-refractivity contribution < 1.29 is 9.59 Å². The molecule has 2 atom stereocenters. The molecule has 1 aliphatic carbocycles. The maximum absolute atomic E-state index is 13.1. The molecule has 0 radical (unpaired) electrons. The molecule has 1 saturated carbocycles. The lowest BCUT2D eigenvalue weighted by atomic mass is 9.84. The lowest BCUT2D eigenvalue weighted by Gasteiger charge is -2.35. The van der Waals surface area contributed by atoms with Crippen LogP contribution in [0.5, 0.6) is 0 Å². The third-order valence-electron chi connectivity index (χ3n) is 6.71. The van der Waals surface area contributed by atoms with Crippen LogP contribution in [0.1, 0.15) is 48.9 Å². The molecule has 0 bridgehead atoms. The predicted molar refractivity (Wildman–Crippen MR) is 123 cm³/mol. The second-order valence-corrected chi connectivity index (χ2v) is 8.49. The van der Waals surface area contributed by atoms with E-state index in [0.29, 0.717) is 25.6 Å². The number of piperidine rings is 1. The van der Waals surface area contributed by atoms with E-state index >= 15 is 0 Å². The summed E-state index contributed by atoms with van der Waals surface area (Å²) in [4.78, 5) is 27.8. The summed E-state index contributed by atoms with van der Waals surface area (Å²) in [7, 11) is 0. The van der Waals surface area contributed by atoms with Gasteiger partial charge >= 0.3 is 0 Å². The Morgan fingerprint density at radius 3 is 2.43 bits per heavy atom. The Bertz CT molecular complexity index is 874. The van der Waals surface area contributed by atoms with Crippen molar-refractivity contribution in [3.63, 3.8) is 0 Å². The van der Waals surface area contributed by atoms with Gasteiger partial charge in [0.1, 0.15) is 0 Å². The molecule has 2 unspecified atom stereocenters. The standard InChI is InChI=1S/C24H31N3O2.ClH/c25-16-19-7-2-4-11-22(19)26-23(28)18-12-14-27(15-13-18)24(29)21-10-5-8-17-6-1-3-9-20(17)21;/h1,3,5-6,8-10,18-19,22H,2,4,7,11-16,25H2,(H,26,28);1H. The number of benzene rings is 2. The van der Waals surface area contributed by atoms with Gasteiger partial charge in [-0.2, -0.15) is 0 Å². The number of halogens is 1. The summed E-state index contributed by atoms with van der Waals surface area (Å²) in [5, 5.41) is 5.34. The van der Waals surface area contributed by atoms with E-state index in [0.717, 1.165) is 42.0 Å². The van der Waals surface area contributed by atoms with Gasteiger partial charge in [0.05, 0.1) is 0 Å². The van der Waals surface area contributed by atoms with Crippen LogP contribution in [-0.4, -0.2) is 42.4 Å². The number of amides is 2. The molecule has 1 aliphatic heterocycles. The molecule has 0 aromatic heterocycles. The zero-order chi connectivity index (χ0) is 20.2. The first-order valence-corrected chi connectivity index (χ1v) is 10.9. The summed E-state index contributed by atoms with van der Waals surface area (Å²) in [6.07, 6.45) is 5.97. The molecule has 2 aromatic rings. The quantitative estimate of drug-likeness (QED) is 0.777. The van der Waals surface area contributed by atoms with Gasteiger partial charge in [-0.15, -0.1) is 12.4 Å². The van der Waals surface area contributed by atoms with Crippen molar-refractivity contribution in [2.45, 2.75) is 44.6 Å². The summed E-state index contributed by atoms with van der Waals surface area (Å²) in [5.41, 5.74) is 6.65. The number of rotatable bonds is 4. The maximum Gasteiger partial charge on any atom is 0.254 e. The third-order valence-corrected chi connectivity index (χ3v) is 6.71. The molecular weight excluding hydrogens is 398 g/mol. The minimum Gasteiger partial charge on any atom is -0.353 e. The van der Waals surface area contributed by atoms with Crippen molar-refractivity contribution in [1.82, 2.24) is 10.2 Å². The van der Waals surface area contributed by atoms with E-state index in [-0.39, 0.29) is 36.2 Å². The van der Waals surface area contributed by atoms with Crippen LogP contribution in [0.3, 0.4) is 0 Å². The van der Waals surface area contributed by atoms with Crippen LogP contribution in [0.25, 0.3) is 10.8 Å². The Morgan fingerprint density at radius 1 is 0.967 bits per heavy atom. The molecule has 2 aromatic carbocycles. The topological polar surface area (TPSA) is 75.4 Å². The molecule has 6 heteroatoms. The average Bonchev–Trinajstić information content (AvgIpc) is 2.78. The van der Waals surface area contributed by atoms with Crippen LogP contribution in [0.2, 0.25) is 0 Å². The van der Waals surface area contributed by atoms with Crippen LogP contribution < -0.4 is 11.1 Å². The van der Waals surface area contributed by atoms with E-state index in [1.165, 1.54) is 12.8 Å². The van der Waals surface area contributed by atoms with Crippen molar-refractivity contribution in [3.8, 4) is 0 Å². The number of likely N-dealkylation sites (tertiary alicyclic amines) is 1. The van der Waals surface area contributed by atoms with Gasteiger partial charge in [0.25, 0.3) is 5.91 Å². The number of fused-ring (bicyclic) bond motifs is 1. The van der Waals surface area contributed by atoms with E-state index in [9.17, 15) is 9.59 Å². The molecule has 0 spiro atoms. The zero-order valence-electron chi connectivity index (χ0n) is 17.4. The third kappa shape index (κ3) is 4.79. The van der Waals surface area contributed by atoms with Gasteiger partial charge in [-0.05, 0) is 55.0 Å². The van der Waals surface area contributed by atoms with Crippen molar-refractivity contribution in [2.75, 3.05) is 19.6 Å². The van der Waals surface area contributed by atoms with E-state index in [2.05, 4.69) is 5.32 Å². The van der Waals surface area contributed by atoms with Gasteiger partial charge in [-0.3, -0.25) is 9.59 Å². The Kier molecular flexibility index (Phi) is 7.73. The van der Waals surface area contributed by atoms with E-state index in [1.807, 2.05) is 47.4 Å². The minimum absolute atomic E-state index is 0. The highest BCUT2D eigenvalue weighted by atomic mass is 35.5. The van der Waals surface area contributed by atoms with E-state index in [4.69, 9.17) is 5.73 Å². The first kappa shape index (κ1) is 22.6. The summed E-state index contributed by atoms with van der Waals surface area (Å²) < 4.78 is 0. The SMILES string of the molecule is Cl.NCC1CCCCC1NC(=O)C1CCN(C(=O)c2cccc3ccccc23)CC1. The van der Waals surface area contributed by atoms with Gasteiger partial charge in [-0.25, -0.2) is 0 Å². The smallest absolute Gasteiger partial charge is 0.254 e. The largest absolute Gasteiger partial charge is 0.353 e. The number of carbonyl (C=O) groups is 2. The van der Waals surface area contributed by atoms with Gasteiger partial charge in [0.2, 0.25) is 5.91 Å². The Balaban J connectivity index is 0.00000256. The average molecular weight is 430 g/mol. The Hall–Kier alpha value is -2.11. The first-order valence-electron chi connectivity index (χ1n) is 10.9. The second kappa shape index (κ2) is 10.3. The predicted octanol–water partition coefficient (Wildman–Crippen LogP) is 3.75. The van der Waals surface area contributed by atoms with E-state index in [1.54, 1.807) is 0 Å². The number of hydrogen-bond acceptors (Lipinski definition) is 3. The van der Waals surface area contributed by atoms with Crippen LogP contribution in [0.15, 0.2) is 42.5 Å². The van der Waals surface area contributed by atoms with Crippen molar-refractivity contribution in [3.05, 3.63) is 48.0 Å². The lowest BCUT2D eigenvalue weighted by Crippen LogP contribution is -2.49. The van der Waals surface area contributed by atoms with Crippen LogP contribution in [0, 0.1) is 11.8 Å². The van der Waals surface area contributed by atoms with Gasteiger partial charge in [0, 0.05) is 30.6 Å². The number of nitrogens with zero attached hydrogens (tertiary/aromatic N) is 1. The molecule has 1 heterocycles. The number of nitrogens with two attached hydrogens (primary N) is 1. The van der Waals surface area contributed by atoms with Crippen molar-refractivity contribution in [2.24, 2.45) is 17.6 Å². The first-order chi connectivity index (χ1) is 14.2. The fourth-order valence-corrected chi connectivity index (χ4v) is 4.91. The van der Waals surface area contributed by atoms with Crippen molar-refractivity contribution >= 4 is 35.0 Å². The summed E-state index contributed by atoms with van der Waals surface area (Å²) in [6.45, 7) is 1.90. The highest BCUT2D eigenvalue weighted by Gasteiger charge is 2.31. The molecular formula is C24H32ClN3O2. The summed E-state index contributed by atoms with van der Waals surface area (Å²) in [5.74, 6) is 0.608. The molecule has 4 rings (SSSR count). The summed E-state index contributed by atoms with van der Waals surface area (Å²) in [6, 6.07) is 14.1. The Morgan fingerprint density at radius 2 is 1.67 bits per heavy atom. The molecule has 2 amide bonds. The molecule has 162 valence electrons. The van der Waals surface area contributed by atoms with Crippen LogP contribution in [-0.2, 0) is 4.79 Å². The summed E-state index contributed by atoms with van der Waals surface area (Å²) >= 11 is 0. The lowest BCUT2D eigenvalue weighted by molar-refractivity contribution is -0.127. The van der Waals surface area contributed by atoms with Gasteiger partial charge in [-0.1, -0.05) is 49.2 Å². The molecule has 1 saturated heterocycles. The number of hydrogen-bond donors (Lipinski definition) is 2. The number of nitrogens with one attached hydrogen (secondary N) is 1. The zero-order valence-corrected chi connectivity index (χ0v) is 18.2. The molecule has 5 nitrogen and oxygen atoms in total. The fourth-order valence-electron chi connectivity index (χ4n) is 4.91.